The maximum Gasteiger partial charge on any atom is 0.213 e. The van der Waals surface area contributed by atoms with Gasteiger partial charge in [0.2, 0.25) is 5.88 Å². The molecule has 1 saturated carbocycles. The van der Waals surface area contributed by atoms with Gasteiger partial charge in [-0.2, -0.15) is 0 Å². The molecule has 1 saturated heterocycles. The molecule has 0 amide bonds. The lowest BCUT2D eigenvalue weighted by molar-refractivity contribution is 0.0504. The zero-order chi connectivity index (χ0) is 23.0. The zero-order valence-corrected chi connectivity index (χ0v) is 19.9. The van der Waals surface area contributed by atoms with E-state index in [1.165, 1.54) is 6.26 Å². The third kappa shape index (κ3) is 4.82. The van der Waals surface area contributed by atoms with Gasteiger partial charge in [-0.15, -0.1) is 0 Å². The number of sulfone groups is 1. The second kappa shape index (κ2) is 8.91. The summed E-state index contributed by atoms with van der Waals surface area (Å²) in [5.74, 6) is 2.84. The minimum Gasteiger partial charge on any atom is -0.472 e. The summed E-state index contributed by atoms with van der Waals surface area (Å²) in [5.41, 5.74) is 1.14. The van der Waals surface area contributed by atoms with Crippen molar-refractivity contribution < 1.29 is 13.2 Å². The van der Waals surface area contributed by atoms with Crippen molar-refractivity contribution in [2.24, 2.45) is 11.8 Å². The highest BCUT2D eigenvalue weighted by Crippen LogP contribution is 2.43. The summed E-state index contributed by atoms with van der Waals surface area (Å²) in [5, 5.41) is 0. The number of ether oxygens (including phenoxy) is 1. The van der Waals surface area contributed by atoms with Crippen LogP contribution in [0.1, 0.15) is 30.3 Å². The molecule has 4 atom stereocenters. The van der Waals surface area contributed by atoms with E-state index in [2.05, 4.69) is 25.6 Å². The molecule has 1 aromatic carbocycles. The summed E-state index contributed by atoms with van der Waals surface area (Å²) >= 11 is 0. The van der Waals surface area contributed by atoms with Gasteiger partial charge in [-0.3, -0.25) is 4.90 Å². The van der Waals surface area contributed by atoms with Crippen molar-refractivity contribution >= 4 is 9.84 Å². The van der Waals surface area contributed by atoms with E-state index >= 15 is 0 Å². The number of rotatable bonds is 6. The van der Waals surface area contributed by atoms with Crippen LogP contribution in [0.15, 0.2) is 66.0 Å². The SMILES string of the molecule is Cc1nccn1[C@H]1C[C@H]2CN(Cc3ccc(S(C)(=O)=O)cc3)C[C@H]2C[C@@H]1Oc1ccccn1. The summed E-state index contributed by atoms with van der Waals surface area (Å²) in [6.07, 6.45) is 9.00. The number of fused-ring (bicyclic) bond motifs is 1. The largest absolute Gasteiger partial charge is 0.472 e. The quantitative estimate of drug-likeness (QED) is 0.553. The molecule has 2 aliphatic rings. The third-order valence-electron chi connectivity index (χ3n) is 7.05. The van der Waals surface area contributed by atoms with E-state index in [1.54, 1.807) is 18.3 Å². The zero-order valence-electron chi connectivity index (χ0n) is 19.0. The highest BCUT2D eigenvalue weighted by atomic mass is 32.2. The summed E-state index contributed by atoms with van der Waals surface area (Å²) in [6.45, 7) is 4.94. The molecule has 7 nitrogen and oxygen atoms in total. The fourth-order valence-electron chi connectivity index (χ4n) is 5.45. The standard InChI is InChI=1S/C25H30N4O3S/c1-18-26-11-12-29(18)23-13-20-16-28(15-19-6-8-22(9-7-19)33(2,30)31)17-21(20)14-24(23)32-25-5-3-4-10-27-25/h3-12,20-21,23-24H,13-17H2,1-2H3/t20-,21+,23-,24-/m0/s1. The van der Waals surface area contributed by atoms with E-state index in [9.17, 15) is 8.42 Å². The number of hydrogen-bond acceptors (Lipinski definition) is 6. The Bertz CT molecular complexity index is 1190. The smallest absolute Gasteiger partial charge is 0.213 e. The van der Waals surface area contributed by atoms with Gasteiger partial charge in [0.15, 0.2) is 9.84 Å². The summed E-state index contributed by atoms with van der Waals surface area (Å²) in [6, 6.07) is 13.3. The number of likely N-dealkylation sites (tertiary alicyclic amines) is 1. The topological polar surface area (TPSA) is 77.3 Å². The van der Waals surface area contributed by atoms with E-state index in [1.807, 2.05) is 43.5 Å². The molecule has 33 heavy (non-hydrogen) atoms. The minimum absolute atomic E-state index is 0.0445. The van der Waals surface area contributed by atoms with Crippen LogP contribution in [-0.4, -0.2) is 53.3 Å². The summed E-state index contributed by atoms with van der Waals surface area (Å²) < 4.78 is 32.2. The van der Waals surface area contributed by atoms with Crippen molar-refractivity contribution in [3.05, 3.63) is 72.4 Å². The van der Waals surface area contributed by atoms with Gasteiger partial charge < -0.3 is 9.30 Å². The average molecular weight is 467 g/mol. The number of aromatic nitrogens is 3. The number of pyridine rings is 1. The van der Waals surface area contributed by atoms with E-state index in [-0.39, 0.29) is 12.1 Å². The fourth-order valence-corrected chi connectivity index (χ4v) is 6.08. The number of imidazole rings is 1. The van der Waals surface area contributed by atoms with Crippen molar-refractivity contribution in [3.8, 4) is 5.88 Å². The molecule has 0 radical (unpaired) electrons. The molecule has 5 rings (SSSR count). The van der Waals surface area contributed by atoms with E-state index in [0.29, 0.717) is 22.6 Å². The molecule has 1 aliphatic carbocycles. The first-order valence-electron chi connectivity index (χ1n) is 11.5. The Morgan fingerprint density at radius 1 is 1.00 bits per heavy atom. The van der Waals surface area contributed by atoms with Crippen molar-refractivity contribution in [1.29, 1.82) is 0 Å². The predicted octanol–water partition coefficient (Wildman–Crippen LogP) is 3.52. The Labute approximate surface area is 195 Å². The van der Waals surface area contributed by atoms with E-state index in [4.69, 9.17) is 4.74 Å². The van der Waals surface area contributed by atoms with Gasteiger partial charge in [0.1, 0.15) is 11.9 Å². The van der Waals surface area contributed by atoms with Gasteiger partial charge in [-0.1, -0.05) is 18.2 Å². The number of hydrogen-bond donors (Lipinski definition) is 0. The van der Waals surface area contributed by atoms with Crippen LogP contribution in [0.4, 0.5) is 0 Å². The molecule has 2 fully saturated rings. The van der Waals surface area contributed by atoms with E-state index in [0.717, 1.165) is 43.9 Å². The normalized spacial score (nSPS) is 25.6. The molecule has 1 aliphatic heterocycles. The average Bonchev–Trinajstić information content (AvgIpc) is 3.38. The maximum atomic E-state index is 11.7. The lowest BCUT2D eigenvalue weighted by Gasteiger charge is -2.38. The molecule has 3 heterocycles. The minimum atomic E-state index is -3.17. The van der Waals surface area contributed by atoms with Gasteiger partial charge in [-0.05, 0) is 55.4 Å². The van der Waals surface area contributed by atoms with Crippen molar-refractivity contribution in [2.75, 3.05) is 19.3 Å². The number of nitrogens with zero attached hydrogens (tertiary/aromatic N) is 4. The Balaban J connectivity index is 1.31. The Morgan fingerprint density at radius 2 is 1.76 bits per heavy atom. The first kappa shape index (κ1) is 22.1. The van der Waals surface area contributed by atoms with Crippen molar-refractivity contribution in [1.82, 2.24) is 19.4 Å². The van der Waals surface area contributed by atoms with Crippen LogP contribution in [0.5, 0.6) is 5.88 Å². The number of benzene rings is 1. The molecule has 2 aromatic heterocycles. The molecular formula is C25H30N4O3S. The molecular weight excluding hydrogens is 436 g/mol. The van der Waals surface area contributed by atoms with Crippen LogP contribution < -0.4 is 4.74 Å². The highest BCUT2D eigenvalue weighted by molar-refractivity contribution is 7.90. The van der Waals surface area contributed by atoms with Crippen LogP contribution in [0.3, 0.4) is 0 Å². The van der Waals surface area contributed by atoms with Gasteiger partial charge in [-0.25, -0.2) is 18.4 Å². The molecule has 3 aromatic rings. The maximum absolute atomic E-state index is 11.7. The van der Waals surface area contributed by atoms with Gasteiger partial charge in [0, 0.05) is 50.5 Å². The Hall–Kier alpha value is -2.71. The molecule has 0 bridgehead atoms. The first-order valence-corrected chi connectivity index (χ1v) is 13.3. The van der Waals surface area contributed by atoms with Crippen LogP contribution in [0.2, 0.25) is 0 Å². The van der Waals surface area contributed by atoms with Crippen molar-refractivity contribution in [3.63, 3.8) is 0 Å². The second-order valence-electron chi connectivity index (χ2n) is 9.38. The van der Waals surface area contributed by atoms with Crippen LogP contribution in [-0.2, 0) is 16.4 Å². The molecule has 0 unspecified atom stereocenters. The highest BCUT2D eigenvalue weighted by Gasteiger charge is 2.44. The van der Waals surface area contributed by atoms with Gasteiger partial charge >= 0.3 is 0 Å². The predicted molar refractivity (Wildman–Crippen MR) is 126 cm³/mol. The molecule has 0 N–H and O–H groups in total. The lowest BCUT2D eigenvalue weighted by Crippen LogP contribution is -2.40. The van der Waals surface area contributed by atoms with Crippen molar-refractivity contribution in [2.45, 2.75) is 43.4 Å². The molecule has 8 heteroatoms. The Morgan fingerprint density at radius 3 is 2.39 bits per heavy atom. The number of aryl methyl sites for hydroxylation is 1. The molecule has 0 spiro atoms. The van der Waals surface area contributed by atoms with Crippen LogP contribution in [0.25, 0.3) is 0 Å². The molecule has 174 valence electrons. The monoisotopic (exact) mass is 466 g/mol. The summed E-state index contributed by atoms with van der Waals surface area (Å²) in [7, 11) is -3.17. The Kier molecular flexibility index (Phi) is 5.97. The van der Waals surface area contributed by atoms with Gasteiger partial charge in [0.25, 0.3) is 0 Å². The summed E-state index contributed by atoms with van der Waals surface area (Å²) in [4.78, 5) is 11.7. The van der Waals surface area contributed by atoms with E-state index < -0.39 is 9.84 Å². The van der Waals surface area contributed by atoms with Crippen LogP contribution in [0, 0.1) is 18.8 Å². The van der Waals surface area contributed by atoms with Gasteiger partial charge in [0.05, 0.1) is 10.9 Å². The second-order valence-corrected chi connectivity index (χ2v) is 11.4. The lowest BCUT2D eigenvalue weighted by atomic mass is 9.77. The van der Waals surface area contributed by atoms with Crippen LogP contribution >= 0.6 is 0 Å². The third-order valence-corrected chi connectivity index (χ3v) is 8.18. The first-order chi connectivity index (χ1) is 15.9. The fraction of sp³-hybridized carbons (Fsp3) is 0.440.